The molecule has 0 bridgehead atoms. The van der Waals surface area contributed by atoms with Gasteiger partial charge in [-0.1, -0.05) is 42.5 Å². The predicted octanol–water partition coefficient (Wildman–Crippen LogP) is 3.23. The molecule has 0 amide bonds. The first-order valence-corrected chi connectivity index (χ1v) is 7.95. The fourth-order valence-electron chi connectivity index (χ4n) is 2.78. The molecule has 0 saturated carbocycles. The zero-order valence-corrected chi connectivity index (χ0v) is 14.2. The van der Waals surface area contributed by atoms with Crippen LogP contribution in [0.25, 0.3) is 0 Å². The van der Waals surface area contributed by atoms with Gasteiger partial charge in [-0.25, -0.2) is 0 Å². The number of nitrogens with two attached hydrogens (primary N) is 1. The number of para-hydroxylation sites is 1. The van der Waals surface area contributed by atoms with Gasteiger partial charge in [-0.3, -0.25) is 4.90 Å². The van der Waals surface area contributed by atoms with E-state index in [0.29, 0.717) is 13.2 Å². The standard InChI is InChI=1S/C19H26N2O2/c1-4-23-19-16(11-8-12-18(19)22-3)17(13-20)21(2)14-15-9-6-5-7-10-15/h5-12,17H,4,13-14,20H2,1-3H3. The van der Waals surface area contributed by atoms with Crippen molar-refractivity contribution in [1.29, 1.82) is 0 Å². The lowest BCUT2D eigenvalue weighted by Crippen LogP contribution is -2.30. The third-order valence-electron chi connectivity index (χ3n) is 3.91. The maximum atomic E-state index is 6.08. The molecular formula is C19H26N2O2. The first-order chi connectivity index (χ1) is 11.2. The zero-order valence-electron chi connectivity index (χ0n) is 14.2. The van der Waals surface area contributed by atoms with E-state index in [4.69, 9.17) is 15.2 Å². The first kappa shape index (κ1) is 17.3. The van der Waals surface area contributed by atoms with Crippen LogP contribution in [0.4, 0.5) is 0 Å². The summed E-state index contributed by atoms with van der Waals surface area (Å²) in [5, 5.41) is 0. The smallest absolute Gasteiger partial charge is 0.165 e. The van der Waals surface area contributed by atoms with Crippen LogP contribution in [0.15, 0.2) is 48.5 Å². The molecule has 0 aliphatic carbocycles. The first-order valence-electron chi connectivity index (χ1n) is 7.95. The molecule has 0 spiro atoms. The number of hydrogen-bond acceptors (Lipinski definition) is 4. The summed E-state index contributed by atoms with van der Waals surface area (Å²) in [6, 6.07) is 16.4. The summed E-state index contributed by atoms with van der Waals surface area (Å²) in [4.78, 5) is 2.24. The molecule has 124 valence electrons. The van der Waals surface area contributed by atoms with Gasteiger partial charge in [-0.15, -0.1) is 0 Å². The minimum atomic E-state index is 0.0619. The third kappa shape index (κ3) is 4.24. The number of rotatable bonds is 8. The van der Waals surface area contributed by atoms with Crippen LogP contribution in [-0.4, -0.2) is 32.2 Å². The third-order valence-corrected chi connectivity index (χ3v) is 3.91. The maximum Gasteiger partial charge on any atom is 0.165 e. The highest BCUT2D eigenvalue weighted by Gasteiger charge is 2.22. The summed E-state index contributed by atoms with van der Waals surface area (Å²) in [7, 11) is 3.74. The Bertz CT molecular complexity index is 602. The molecule has 0 fully saturated rings. The highest BCUT2D eigenvalue weighted by molar-refractivity contribution is 5.48. The Kier molecular flexibility index (Phi) is 6.44. The Hall–Kier alpha value is -2.04. The molecule has 0 saturated heterocycles. The molecular weight excluding hydrogens is 288 g/mol. The van der Waals surface area contributed by atoms with Crippen molar-refractivity contribution in [3.05, 3.63) is 59.7 Å². The van der Waals surface area contributed by atoms with Gasteiger partial charge in [0.15, 0.2) is 11.5 Å². The summed E-state index contributed by atoms with van der Waals surface area (Å²) >= 11 is 0. The van der Waals surface area contributed by atoms with Gasteiger partial charge in [0.1, 0.15) is 0 Å². The molecule has 2 rings (SSSR count). The molecule has 1 unspecified atom stereocenters. The Labute approximate surface area is 138 Å². The van der Waals surface area contributed by atoms with Crippen LogP contribution in [0.3, 0.4) is 0 Å². The van der Waals surface area contributed by atoms with E-state index in [0.717, 1.165) is 23.6 Å². The van der Waals surface area contributed by atoms with E-state index in [1.165, 1.54) is 5.56 Å². The van der Waals surface area contributed by atoms with Gasteiger partial charge in [0, 0.05) is 18.7 Å². The number of benzene rings is 2. The van der Waals surface area contributed by atoms with Gasteiger partial charge < -0.3 is 15.2 Å². The highest BCUT2D eigenvalue weighted by atomic mass is 16.5. The number of nitrogens with zero attached hydrogens (tertiary/aromatic N) is 1. The number of hydrogen-bond donors (Lipinski definition) is 1. The van der Waals surface area contributed by atoms with Crippen LogP contribution in [0.2, 0.25) is 0 Å². The van der Waals surface area contributed by atoms with Gasteiger partial charge in [-0.2, -0.15) is 0 Å². The average molecular weight is 314 g/mol. The van der Waals surface area contributed by atoms with E-state index >= 15 is 0 Å². The predicted molar refractivity (Wildman–Crippen MR) is 93.9 cm³/mol. The zero-order chi connectivity index (χ0) is 16.7. The van der Waals surface area contributed by atoms with Gasteiger partial charge in [0.25, 0.3) is 0 Å². The molecule has 2 aromatic carbocycles. The molecule has 4 heteroatoms. The summed E-state index contributed by atoms with van der Waals surface area (Å²) in [5.41, 5.74) is 8.40. The van der Waals surface area contributed by atoms with Crippen molar-refractivity contribution >= 4 is 0 Å². The van der Waals surface area contributed by atoms with E-state index in [1.54, 1.807) is 7.11 Å². The minimum absolute atomic E-state index is 0.0619. The van der Waals surface area contributed by atoms with Crippen LogP contribution in [0.1, 0.15) is 24.1 Å². The van der Waals surface area contributed by atoms with Crippen LogP contribution in [0, 0.1) is 0 Å². The molecule has 0 aliphatic heterocycles. The quantitative estimate of drug-likeness (QED) is 0.813. The van der Waals surface area contributed by atoms with Crippen molar-refractivity contribution in [2.75, 3.05) is 27.3 Å². The second-order valence-corrected chi connectivity index (χ2v) is 5.46. The van der Waals surface area contributed by atoms with Gasteiger partial charge in [-0.05, 0) is 25.6 Å². The summed E-state index contributed by atoms with van der Waals surface area (Å²) in [5.74, 6) is 1.53. The number of methoxy groups -OCH3 is 1. The molecule has 2 N–H and O–H groups in total. The van der Waals surface area contributed by atoms with Crippen molar-refractivity contribution in [2.24, 2.45) is 5.73 Å². The van der Waals surface area contributed by atoms with Crippen molar-refractivity contribution in [3.8, 4) is 11.5 Å². The van der Waals surface area contributed by atoms with Gasteiger partial charge >= 0.3 is 0 Å². The van der Waals surface area contributed by atoms with E-state index in [1.807, 2.05) is 25.1 Å². The molecule has 4 nitrogen and oxygen atoms in total. The molecule has 2 aromatic rings. The molecule has 0 radical (unpaired) electrons. The number of ether oxygens (including phenoxy) is 2. The maximum absolute atomic E-state index is 6.08. The molecule has 0 heterocycles. The van der Waals surface area contributed by atoms with Crippen LogP contribution in [-0.2, 0) is 6.54 Å². The number of likely N-dealkylation sites (N-methyl/N-ethyl adjacent to an activating group) is 1. The van der Waals surface area contributed by atoms with E-state index in [2.05, 4.69) is 42.3 Å². The SMILES string of the molecule is CCOc1c(OC)cccc1C(CN)N(C)Cc1ccccc1. The van der Waals surface area contributed by atoms with E-state index < -0.39 is 0 Å². The van der Waals surface area contributed by atoms with E-state index in [-0.39, 0.29) is 6.04 Å². The van der Waals surface area contributed by atoms with Crippen molar-refractivity contribution < 1.29 is 9.47 Å². The van der Waals surface area contributed by atoms with Crippen molar-refractivity contribution in [3.63, 3.8) is 0 Å². The summed E-state index contributed by atoms with van der Waals surface area (Å²) < 4.78 is 11.3. The topological polar surface area (TPSA) is 47.7 Å². The second-order valence-electron chi connectivity index (χ2n) is 5.46. The van der Waals surface area contributed by atoms with Crippen LogP contribution >= 0.6 is 0 Å². The Morgan fingerprint density at radius 3 is 2.43 bits per heavy atom. The highest BCUT2D eigenvalue weighted by Crippen LogP contribution is 2.36. The van der Waals surface area contributed by atoms with Crippen LogP contribution in [0.5, 0.6) is 11.5 Å². The van der Waals surface area contributed by atoms with Crippen molar-refractivity contribution in [2.45, 2.75) is 19.5 Å². The minimum Gasteiger partial charge on any atom is -0.493 e. The Morgan fingerprint density at radius 2 is 1.83 bits per heavy atom. The lowest BCUT2D eigenvalue weighted by atomic mass is 10.0. The molecule has 0 aromatic heterocycles. The summed E-state index contributed by atoms with van der Waals surface area (Å²) in [6.45, 7) is 3.90. The molecule has 0 aliphatic rings. The lowest BCUT2D eigenvalue weighted by Gasteiger charge is -2.29. The second kappa shape index (κ2) is 8.56. The van der Waals surface area contributed by atoms with Crippen molar-refractivity contribution in [1.82, 2.24) is 4.90 Å². The lowest BCUT2D eigenvalue weighted by molar-refractivity contribution is 0.229. The van der Waals surface area contributed by atoms with E-state index in [9.17, 15) is 0 Å². The Balaban J connectivity index is 2.29. The normalized spacial score (nSPS) is 12.2. The summed E-state index contributed by atoms with van der Waals surface area (Å²) in [6.07, 6.45) is 0. The average Bonchev–Trinajstić information content (AvgIpc) is 2.58. The van der Waals surface area contributed by atoms with Gasteiger partial charge in [0.05, 0.1) is 19.8 Å². The van der Waals surface area contributed by atoms with Gasteiger partial charge in [0.2, 0.25) is 0 Å². The fourth-order valence-corrected chi connectivity index (χ4v) is 2.78. The molecule has 1 atom stereocenters. The fraction of sp³-hybridized carbons (Fsp3) is 0.368. The largest absolute Gasteiger partial charge is 0.493 e. The molecule has 23 heavy (non-hydrogen) atoms. The van der Waals surface area contributed by atoms with Crippen LogP contribution < -0.4 is 15.2 Å². The Morgan fingerprint density at radius 1 is 1.09 bits per heavy atom. The monoisotopic (exact) mass is 314 g/mol.